The fourth-order valence-electron chi connectivity index (χ4n) is 3.79. The van der Waals surface area contributed by atoms with E-state index in [9.17, 15) is 8.42 Å². The molecule has 0 radical (unpaired) electrons. The molecule has 0 saturated carbocycles. The van der Waals surface area contributed by atoms with Gasteiger partial charge in [-0.25, -0.2) is 0 Å². The Bertz CT molecular complexity index is 786. The van der Waals surface area contributed by atoms with Gasteiger partial charge in [-0.15, -0.1) is 0 Å². The van der Waals surface area contributed by atoms with Crippen molar-refractivity contribution in [3.63, 3.8) is 0 Å². The summed E-state index contributed by atoms with van der Waals surface area (Å²) in [5.74, 6) is 0. The second-order valence-corrected chi connectivity index (χ2v) is 9.79. The maximum Gasteiger partial charge on any atom is 1.00 e. The average molecular weight is 471 g/mol. The van der Waals surface area contributed by atoms with Crippen LogP contribution >= 0.6 is 0 Å². The molecule has 0 aliphatic carbocycles. The summed E-state index contributed by atoms with van der Waals surface area (Å²) < 4.78 is 31.0. The number of unbranched alkanes of at least 4 members (excludes halogenated alkanes) is 14. The van der Waals surface area contributed by atoms with E-state index in [4.69, 9.17) is 4.55 Å². The van der Waals surface area contributed by atoms with Gasteiger partial charge in [-0.1, -0.05) is 133 Å². The van der Waals surface area contributed by atoms with Gasteiger partial charge in [0.15, 0.2) is 0 Å². The molecule has 1 N–H and O–H groups in total. The Balaban J connectivity index is 0.000000589. The van der Waals surface area contributed by atoms with Crippen LogP contribution in [0.25, 0.3) is 10.8 Å². The Kier molecular flexibility index (Phi) is 19.8. The first-order valence-electron chi connectivity index (χ1n) is 12.2. The predicted octanol–water partition coefficient (Wildman–Crippen LogP) is 5.78. The van der Waals surface area contributed by atoms with Crippen molar-refractivity contribution in [2.24, 2.45) is 0 Å². The van der Waals surface area contributed by atoms with Crippen LogP contribution in [0.3, 0.4) is 0 Å². The summed E-state index contributed by atoms with van der Waals surface area (Å²) in [4.78, 5) is -0.0457. The van der Waals surface area contributed by atoms with Gasteiger partial charge < -0.3 is 6.92 Å². The normalized spacial score (nSPS) is 11.0. The molecular weight excluding hydrogens is 427 g/mol. The molecule has 0 aromatic heterocycles. The van der Waals surface area contributed by atoms with Crippen LogP contribution < -0.4 is 29.6 Å². The third kappa shape index (κ3) is 14.7. The molecule has 2 aromatic rings. The zero-order valence-electron chi connectivity index (χ0n) is 20.5. The predicted molar refractivity (Wildman–Crippen MR) is 134 cm³/mol. The Morgan fingerprint density at radius 3 is 1.59 bits per heavy atom. The van der Waals surface area contributed by atoms with E-state index in [0.29, 0.717) is 5.39 Å². The first kappa shape index (κ1) is 31.6. The van der Waals surface area contributed by atoms with Crippen molar-refractivity contribution in [1.82, 2.24) is 0 Å². The second-order valence-electron chi connectivity index (χ2n) is 8.40. The summed E-state index contributed by atoms with van der Waals surface area (Å²) in [7, 11) is -4.13. The van der Waals surface area contributed by atoms with Crippen LogP contribution in [0.2, 0.25) is 0 Å². The van der Waals surface area contributed by atoms with Crippen LogP contribution in [0.1, 0.15) is 103 Å². The van der Waals surface area contributed by atoms with E-state index in [1.807, 2.05) is 6.07 Å². The van der Waals surface area contributed by atoms with E-state index < -0.39 is 10.1 Å². The van der Waals surface area contributed by atoms with Gasteiger partial charge in [0.2, 0.25) is 0 Å². The first-order chi connectivity index (χ1) is 15.0. The summed E-state index contributed by atoms with van der Waals surface area (Å²) in [6, 6.07) is 11.8. The molecule has 0 unspecified atom stereocenters. The van der Waals surface area contributed by atoms with Gasteiger partial charge in [0, 0.05) is 5.39 Å². The van der Waals surface area contributed by atoms with Crippen molar-refractivity contribution in [1.29, 1.82) is 0 Å². The van der Waals surface area contributed by atoms with Crippen molar-refractivity contribution >= 4 is 20.9 Å². The molecule has 3 nitrogen and oxygen atoms in total. The van der Waals surface area contributed by atoms with Gasteiger partial charge in [-0.05, 0) is 11.5 Å². The van der Waals surface area contributed by atoms with E-state index >= 15 is 0 Å². The topological polar surface area (TPSA) is 54.4 Å². The monoisotopic (exact) mass is 470 g/mol. The van der Waals surface area contributed by atoms with Crippen molar-refractivity contribution in [2.75, 3.05) is 0 Å². The summed E-state index contributed by atoms with van der Waals surface area (Å²) in [6.45, 7) is 6.17. The number of fused-ring (bicyclic) bond motifs is 1. The van der Waals surface area contributed by atoms with E-state index in [-0.39, 0.29) is 34.5 Å². The van der Waals surface area contributed by atoms with Crippen LogP contribution in [0, 0.1) is 6.92 Å². The largest absolute Gasteiger partial charge is 1.00 e. The number of hydrogen-bond acceptors (Lipinski definition) is 2. The summed E-state index contributed by atoms with van der Waals surface area (Å²) in [5.41, 5.74) is 0. The summed E-state index contributed by atoms with van der Waals surface area (Å²) >= 11 is 0. The van der Waals surface area contributed by atoms with Gasteiger partial charge in [0.1, 0.15) is 4.90 Å². The molecule has 0 fully saturated rings. The Hall–Kier alpha value is -0.390. The second kappa shape index (κ2) is 20.0. The van der Waals surface area contributed by atoms with E-state index in [2.05, 4.69) is 13.8 Å². The van der Waals surface area contributed by atoms with Crippen LogP contribution in [-0.2, 0) is 10.1 Å². The molecule has 5 heteroatoms. The first-order valence-corrected chi connectivity index (χ1v) is 13.7. The van der Waals surface area contributed by atoms with Crippen molar-refractivity contribution in [3.8, 4) is 0 Å². The van der Waals surface area contributed by atoms with E-state index in [1.165, 1.54) is 96.0 Å². The standard InChI is InChI=1S/C17H35.C10H8O3S.Na/c1-3-5-7-9-11-13-15-17-16-14-12-10-8-6-4-2;11-14(12,13)10-7-3-5-8-4-1-2-6-9(8)10;/h1,3-17H2,2H3;1-7H,(H,11,12,13);/q-1;;+1. The van der Waals surface area contributed by atoms with Crippen LogP contribution in [-0.4, -0.2) is 13.0 Å². The van der Waals surface area contributed by atoms with E-state index in [0.717, 1.165) is 11.8 Å². The zero-order chi connectivity index (χ0) is 22.8. The molecule has 0 bridgehead atoms. The molecule has 0 saturated heterocycles. The van der Waals surface area contributed by atoms with Crippen LogP contribution in [0.4, 0.5) is 0 Å². The van der Waals surface area contributed by atoms with Gasteiger partial charge in [-0.2, -0.15) is 14.8 Å². The zero-order valence-corrected chi connectivity index (χ0v) is 23.3. The van der Waals surface area contributed by atoms with Gasteiger partial charge >= 0.3 is 29.6 Å². The molecule has 0 heterocycles. The summed E-state index contributed by atoms with van der Waals surface area (Å²) in [5, 5.41) is 1.33. The molecule has 2 rings (SSSR count). The van der Waals surface area contributed by atoms with Gasteiger partial charge in [-0.3, -0.25) is 4.55 Å². The Labute approximate surface area is 219 Å². The smallest absolute Gasteiger partial charge is 0.343 e. The van der Waals surface area contributed by atoms with Gasteiger partial charge in [0.25, 0.3) is 10.1 Å². The van der Waals surface area contributed by atoms with Crippen LogP contribution in [0.15, 0.2) is 47.4 Å². The third-order valence-corrected chi connectivity index (χ3v) is 6.54. The third-order valence-electron chi connectivity index (χ3n) is 5.63. The minimum absolute atomic E-state index is 0. The quantitative estimate of drug-likeness (QED) is 0.155. The molecule has 2 aromatic carbocycles. The maximum atomic E-state index is 11.0. The van der Waals surface area contributed by atoms with Crippen molar-refractivity contribution < 1.29 is 42.5 Å². The minimum Gasteiger partial charge on any atom is -0.343 e. The van der Waals surface area contributed by atoms with Crippen molar-refractivity contribution in [3.05, 3.63) is 49.4 Å². The molecule has 0 aliphatic heterocycles. The number of benzene rings is 2. The maximum absolute atomic E-state index is 11.0. The summed E-state index contributed by atoms with van der Waals surface area (Å²) in [6.07, 6.45) is 21.3. The molecule has 32 heavy (non-hydrogen) atoms. The fourth-order valence-corrected chi connectivity index (χ4v) is 4.51. The molecule has 0 atom stereocenters. The Morgan fingerprint density at radius 1 is 0.688 bits per heavy atom. The number of rotatable bonds is 15. The van der Waals surface area contributed by atoms with E-state index in [1.54, 1.807) is 30.3 Å². The van der Waals surface area contributed by atoms with Gasteiger partial charge in [0.05, 0.1) is 0 Å². The fraction of sp³-hybridized carbons (Fsp3) is 0.593. The SMILES string of the molecule is O=S(=O)(O)c1cccc2ccccc12.[CH2-]CCCCCCCCCCCCCCCC.[Na+]. The molecular formula is C27H43NaO3S. The van der Waals surface area contributed by atoms with Crippen molar-refractivity contribution in [2.45, 2.75) is 108 Å². The molecule has 176 valence electrons. The minimum atomic E-state index is -4.13. The molecule has 0 amide bonds. The molecule has 0 spiro atoms. The average Bonchev–Trinajstić information content (AvgIpc) is 2.76. The molecule has 0 aliphatic rings. The number of hydrogen-bond donors (Lipinski definition) is 1. The Morgan fingerprint density at radius 2 is 1.12 bits per heavy atom. The van der Waals surface area contributed by atoms with Crippen LogP contribution in [0.5, 0.6) is 0 Å².